The summed E-state index contributed by atoms with van der Waals surface area (Å²) in [7, 11) is 0. The first kappa shape index (κ1) is 17.1. The zero-order valence-corrected chi connectivity index (χ0v) is 13.3. The van der Waals surface area contributed by atoms with Gasteiger partial charge in [0, 0.05) is 17.7 Å². The Morgan fingerprint density at radius 2 is 2.04 bits per heavy atom. The van der Waals surface area contributed by atoms with Gasteiger partial charge in [-0.3, -0.25) is 14.9 Å². The average molecular weight is 327 g/mol. The van der Waals surface area contributed by atoms with Crippen LogP contribution in [-0.4, -0.2) is 22.2 Å². The van der Waals surface area contributed by atoms with Crippen LogP contribution in [-0.2, 0) is 11.2 Å². The fourth-order valence-corrected chi connectivity index (χ4v) is 2.19. The van der Waals surface area contributed by atoms with Gasteiger partial charge < -0.3 is 5.11 Å². The molecule has 0 bridgehead atoms. The molecule has 2 aromatic carbocycles. The minimum Gasteiger partial charge on any atom is -0.507 e. The average Bonchev–Trinajstić information content (AvgIpc) is 2.51. The summed E-state index contributed by atoms with van der Waals surface area (Å²) in [4.78, 5) is 22.0. The van der Waals surface area contributed by atoms with Crippen molar-refractivity contribution >= 4 is 17.8 Å². The van der Waals surface area contributed by atoms with Crippen molar-refractivity contribution in [2.45, 2.75) is 20.3 Å². The lowest BCUT2D eigenvalue weighted by Gasteiger charge is -2.05. The monoisotopic (exact) mass is 327 g/mol. The molecule has 24 heavy (non-hydrogen) atoms. The number of rotatable bonds is 5. The fourth-order valence-electron chi connectivity index (χ4n) is 2.19. The summed E-state index contributed by atoms with van der Waals surface area (Å²) in [5, 5.41) is 24.1. The predicted molar refractivity (Wildman–Crippen MR) is 90.1 cm³/mol. The Labute approximate surface area is 138 Å². The van der Waals surface area contributed by atoms with Crippen LogP contribution in [0.4, 0.5) is 5.69 Å². The molecule has 0 aromatic heterocycles. The summed E-state index contributed by atoms with van der Waals surface area (Å²) in [6, 6.07) is 9.38. The molecule has 2 N–H and O–H groups in total. The number of hydrogen-bond donors (Lipinski definition) is 2. The number of nitrogens with one attached hydrogen (secondary N) is 1. The van der Waals surface area contributed by atoms with Gasteiger partial charge >= 0.3 is 0 Å². The van der Waals surface area contributed by atoms with Crippen LogP contribution >= 0.6 is 0 Å². The second-order valence-electron chi connectivity index (χ2n) is 5.40. The number of aromatic hydroxyl groups is 1. The first-order valence-corrected chi connectivity index (χ1v) is 7.22. The van der Waals surface area contributed by atoms with Gasteiger partial charge in [0.1, 0.15) is 5.75 Å². The number of hydrazone groups is 1. The molecule has 0 fully saturated rings. The zero-order chi connectivity index (χ0) is 17.7. The maximum Gasteiger partial charge on any atom is 0.270 e. The molecule has 0 saturated heterocycles. The van der Waals surface area contributed by atoms with E-state index in [0.29, 0.717) is 0 Å². The van der Waals surface area contributed by atoms with Gasteiger partial charge in [0.25, 0.3) is 5.69 Å². The molecule has 0 aliphatic rings. The Morgan fingerprint density at radius 1 is 1.29 bits per heavy atom. The van der Waals surface area contributed by atoms with Crippen molar-refractivity contribution in [2.24, 2.45) is 5.10 Å². The highest BCUT2D eigenvalue weighted by Gasteiger charge is 2.09. The number of nitro benzene ring substituents is 1. The van der Waals surface area contributed by atoms with Gasteiger partial charge in [0.05, 0.1) is 17.6 Å². The lowest BCUT2D eigenvalue weighted by molar-refractivity contribution is -0.384. The predicted octanol–water partition coefficient (Wildman–Crippen LogP) is 2.61. The van der Waals surface area contributed by atoms with Crippen LogP contribution in [0, 0.1) is 24.0 Å². The fraction of sp³-hybridized carbons (Fsp3) is 0.176. The van der Waals surface area contributed by atoms with E-state index >= 15 is 0 Å². The Morgan fingerprint density at radius 3 is 2.71 bits per heavy atom. The van der Waals surface area contributed by atoms with Gasteiger partial charge in [-0.1, -0.05) is 23.8 Å². The highest BCUT2D eigenvalue weighted by molar-refractivity contribution is 5.86. The molecular formula is C17H17N3O4. The van der Waals surface area contributed by atoms with Crippen LogP contribution in [0.15, 0.2) is 41.5 Å². The van der Waals surface area contributed by atoms with E-state index in [4.69, 9.17) is 0 Å². The van der Waals surface area contributed by atoms with Crippen molar-refractivity contribution < 1.29 is 14.8 Å². The van der Waals surface area contributed by atoms with E-state index in [1.807, 2.05) is 32.0 Å². The van der Waals surface area contributed by atoms with Gasteiger partial charge in [0.2, 0.25) is 5.91 Å². The number of carbonyl (C=O) groups excluding carboxylic acids is 1. The normalized spacial score (nSPS) is 10.8. The standard InChI is InChI=1S/C17H17N3O4/c1-11-3-4-13(12(2)7-11)9-17(22)19-18-10-14-8-15(20(23)24)5-6-16(14)21/h3-8,10,21H,9H2,1-2H3,(H,19,22)/b18-10-. The van der Waals surface area contributed by atoms with Crippen molar-refractivity contribution in [3.63, 3.8) is 0 Å². The molecule has 0 atom stereocenters. The van der Waals surface area contributed by atoms with Crippen molar-refractivity contribution in [3.05, 3.63) is 68.8 Å². The van der Waals surface area contributed by atoms with Gasteiger partial charge in [-0.2, -0.15) is 5.10 Å². The molecule has 1 amide bonds. The SMILES string of the molecule is Cc1ccc(CC(=O)N/N=C\c2cc([N+](=O)[O-])ccc2O)c(C)c1. The maximum absolute atomic E-state index is 11.9. The van der Waals surface area contributed by atoms with Gasteiger partial charge in [-0.05, 0) is 31.0 Å². The van der Waals surface area contributed by atoms with E-state index in [-0.39, 0.29) is 29.3 Å². The summed E-state index contributed by atoms with van der Waals surface area (Å²) >= 11 is 0. The van der Waals surface area contributed by atoms with Gasteiger partial charge in [0.15, 0.2) is 0 Å². The zero-order valence-electron chi connectivity index (χ0n) is 13.3. The number of carbonyl (C=O) groups is 1. The lowest BCUT2D eigenvalue weighted by Crippen LogP contribution is -2.20. The molecule has 0 radical (unpaired) electrons. The van der Waals surface area contributed by atoms with Crippen LogP contribution in [0.1, 0.15) is 22.3 Å². The maximum atomic E-state index is 11.9. The molecule has 7 heteroatoms. The summed E-state index contributed by atoms with van der Waals surface area (Å²) in [5.74, 6) is -0.476. The van der Waals surface area contributed by atoms with Crippen molar-refractivity contribution in [1.82, 2.24) is 5.43 Å². The molecule has 0 aliphatic heterocycles. The number of benzene rings is 2. The smallest absolute Gasteiger partial charge is 0.270 e. The molecule has 0 heterocycles. The molecule has 2 rings (SSSR count). The van der Waals surface area contributed by atoms with E-state index in [1.54, 1.807) is 0 Å². The summed E-state index contributed by atoms with van der Waals surface area (Å²) in [5.41, 5.74) is 5.36. The number of nitrogens with zero attached hydrogens (tertiary/aromatic N) is 2. The first-order valence-electron chi connectivity index (χ1n) is 7.22. The molecular weight excluding hydrogens is 310 g/mol. The highest BCUT2D eigenvalue weighted by atomic mass is 16.6. The topological polar surface area (TPSA) is 105 Å². The lowest BCUT2D eigenvalue weighted by atomic mass is 10.0. The molecule has 0 unspecified atom stereocenters. The molecule has 124 valence electrons. The third-order valence-electron chi connectivity index (χ3n) is 3.46. The summed E-state index contributed by atoms with van der Waals surface area (Å²) in [6.45, 7) is 3.91. The molecule has 0 aliphatic carbocycles. The molecule has 2 aromatic rings. The third-order valence-corrected chi connectivity index (χ3v) is 3.46. The van der Waals surface area contributed by atoms with Crippen molar-refractivity contribution in [1.29, 1.82) is 0 Å². The number of aryl methyl sites for hydroxylation is 2. The number of non-ortho nitro benzene ring substituents is 1. The van der Waals surface area contributed by atoms with E-state index < -0.39 is 4.92 Å². The highest BCUT2D eigenvalue weighted by Crippen LogP contribution is 2.21. The Bertz CT molecular complexity index is 815. The van der Waals surface area contributed by atoms with Gasteiger partial charge in [-0.15, -0.1) is 0 Å². The van der Waals surface area contributed by atoms with E-state index in [0.717, 1.165) is 16.7 Å². The molecule has 0 saturated carbocycles. The first-order chi connectivity index (χ1) is 11.4. The molecule has 0 spiro atoms. The van der Waals surface area contributed by atoms with Gasteiger partial charge in [-0.25, -0.2) is 5.43 Å². The second-order valence-corrected chi connectivity index (χ2v) is 5.40. The Balaban J connectivity index is 2.02. The van der Waals surface area contributed by atoms with Crippen molar-refractivity contribution in [2.75, 3.05) is 0 Å². The minimum absolute atomic E-state index is 0.149. The van der Waals surface area contributed by atoms with Crippen LogP contribution < -0.4 is 5.43 Å². The minimum atomic E-state index is -0.574. The Hall–Kier alpha value is -3.22. The second kappa shape index (κ2) is 7.36. The number of phenols is 1. The van der Waals surface area contributed by atoms with Crippen LogP contribution in [0.3, 0.4) is 0 Å². The van der Waals surface area contributed by atoms with Crippen molar-refractivity contribution in [3.8, 4) is 5.75 Å². The van der Waals surface area contributed by atoms with Crippen LogP contribution in [0.25, 0.3) is 0 Å². The largest absolute Gasteiger partial charge is 0.507 e. The Kier molecular flexibility index (Phi) is 5.26. The van der Waals surface area contributed by atoms with Crippen LogP contribution in [0.2, 0.25) is 0 Å². The number of hydrogen-bond acceptors (Lipinski definition) is 5. The summed E-state index contributed by atoms with van der Waals surface area (Å²) in [6.07, 6.45) is 1.34. The van der Waals surface area contributed by atoms with Crippen LogP contribution in [0.5, 0.6) is 5.75 Å². The van der Waals surface area contributed by atoms with E-state index in [2.05, 4.69) is 10.5 Å². The van der Waals surface area contributed by atoms with E-state index in [1.165, 1.54) is 24.4 Å². The third kappa shape index (κ3) is 4.39. The quantitative estimate of drug-likeness (QED) is 0.500. The molecule has 7 nitrogen and oxygen atoms in total. The summed E-state index contributed by atoms with van der Waals surface area (Å²) < 4.78 is 0. The number of nitro groups is 1. The number of phenolic OH excluding ortho intramolecular Hbond substituents is 1. The van der Waals surface area contributed by atoms with E-state index in [9.17, 15) is 20.0 Å². The number of amides is 1.